The Morgan fingerprint density at radius 3 is 2.70 bits per heavy atom. The first kappa shape index (κ1) is 14.4. The van der Waals surface area contributed by atoms with E-state index in [0.717, 1.165) is 0 Å². The minimum Gasteiger partial charge on any atom is -0.506 e. The highest BCUT2D eigenvalue weighted by molar-refractivity contribution is 6.32. The molecule has 0 fully saturated rings. The number of hydrogen-bond acceptors (Lipinski definition) is 4. The van der Waals surface area contributed by atoms with Crippen molar-refractivity contribution < 1.29 is 10.0 Å². The number of phenolic OH excluding ortho intramolecular Hbond substituents is 1. The summed E-state index contributed by atoms with van der Waals surface area (Å²) in [6.45, 7) is 0.203. The predicted octanol–water partition coefficient (Wildman–Crippen LogP) is 4.22. The van der Waals surface area contributed by atoms with Crippen molar-refractivity contribution in [2.75, 3.05) is 5.32 Å². The van der Waals surface area contributed by atoms with Crippen LogP contribution in [0.1, 0.15) is 5.56 Å². The zero-order valence-electron chi connectivity index (χ0n) is 10.1. The van der Waals surface area contributed by atoms with Crippen LogP contribution in [0.3, 0.4) is 0 Å². The van der Waals surface area contributed by atoms with Crippen molar-refractivity contribution in [1.82, 2.24) is 0 Å². The summed E-state index contributed by atoms with van der Waals surface area (Å²) in [5.41, 5.74) is 0.736. The van der Waals surface area contributed by atoms with E-state index in [-0.39, 0.29) is 28.0 Å². The molecule has 2 N–H and O–H groups in total. The SMILES string of the molecule is O=[N+]([O-])c1cc(Cl)ccc1NCc1cccc(Cl)c1O. The molecule has 2 aromatic carbocycles. The predicted molar refractivity (Wildman–Crippen MR) is 78.5 cm³/mol. The number of nitro benzene ring substituents is 1. The van der Waals surface area contributed by atoms with Gasteiger partial charge in [0.1, 0.15) is 11.4 Å². The average Bonchev–Trinajstić information content (AvgIpc) is 2.41. The molecule has 7 heteroatoms. The molecule has 0 saturated heterocycles. The van der Waals surface area contributed by atoms with Crippen LogP contribution in [0.15, 0.2) is 36.4 Å². The van der Waals surface area contributed by atoms with E-state index in [4.69, 9.17) is 23.2 Å². The third kappa shape index (κ3) is 3.12. The van der Waals surface area contributed by atoms with Gasteiger partial charge in [-0.2, -0.15) is 0 Å². The minimum absolute atomic E-state index is 0.0433. The van der Waals surface area contributed by atoms with Crippen LogP contribution in [0.5, 0.6) is 5.75 Å². The highest BCUT2D eigenvalue weighted by Gasteiger charge is 2.14. The molecule has 0 saturated carbocycles. The number of anilines is 1. The summed E-state index contributed by atoms with van der Waals surface area (Å²) in [6.07, 6.45) is 0. The fourth-order valence-corrected chi connectivity index (χ4v) is 2.06. The second kappa shape index (κ2) is 5.98. The van der Waals surface area contributed by atoms with E-state index in [1.54, 1.807) is 24.3 Å². The van der Waals surface area contributed by atoms with Crippen molar-refractivity contribution in [3.63, 3.8) is 0 Å². The number of nitro groups is 1. The third-order valence-corrected chi connectivity index (χ3v) is 3.24. The molecule has 104 valence electrons. The lowest BCUT2D eigenvalue weighted by atomic mass is 10.2. The Labute approximate surface area is 124 Å². The first-order valence-corrected chi connectivity index (χ1v) is 6.39. The van der Waals surface area contributed by atoms with Gasteiger partial charge in [-0.05, 0) is 18.2 Å². The lowest BCUT2D eigenvalue weighted by Gasteiger charge is -2.09. The fraction of sp³-hybridized carbons (Fsp3) is 0.0769. The van der Waals surface area contributed by atoms with Crippen molar-refractivity contribution in [1.29, 1.82) is 0 Å². The molecule has 0 amide bonds. The Hall–Kier alpha value is -1.98. The molecule has 0 bridgehead atoms. The van der Waals surface area contributed by atoms with Crippen LogP contribution in [0.25, 0.3) is 0 Å². The molecule has 0 heterocycles. The van der Waals surface area contributed by atoms with Gasteiger partial charge in [0, 0.05) is 23.2 Å². The van der Waals surface area contributed by atoms with Gasteiger partial charge >= 0.3 is 0 Å². The van der Waals surface area contributed by atoms with Crippen molar-refractivity contribution in [3.05, 3.63) is 62.1 Å². The van der Waals surface area contributed by atoms with Crippen LogP contribution in [0.2, 0.25) is 10.0 Å². The molecule has 0 aliphatic rings. The van der Waals surface area contributed by atoms with Gasteiger partial charge in [0.25, 0.3) is 5.69 Å². The zero-order chi connectivity index (χ0) is 14.7. The van der Waals surface area contributed by atoms with Crippen molar-refractivity contribution >= 4 is 34.6 Å². The summed E-state index contributed by atoms with van der Waals surface area (Å²) < 4.78 is 0. The third-order valence-electron chi connectivity index (χ3n) is 2.70. The van der Waals surface area contributed by atoms with E-state index in [2.05, 4.69) is 5.32 Å². The molecule has 0 radical (unpaired) electrons. The number of nitrogens with zero attached hydrogens (tertiary/aromatic N) is 1. The maximum atomic E-state index is 10.9. The summed E-state index contributed by atoms with van der Waals surface area (Å²) >= 11 is 11.5. The smallest absolute Gasteiger partial charge is 0.293 e. The molecular formula is C13H10Cl2N2O3. The topological polar surface area (TPSA) is 75.4 Å². The van der Waals surface area contributed by atoms with Gasteiger partial charge < -0.3 is 10.4 Å². The summed E-state index contributed by atoms with van der Waals surface area (Å²) in [5, 5.41) is 24.1. The summed E-state index contributed by atoms with van der Waals surface area (Å²) in [4.78, 5) is 10.4. The molecular weight excluding hydrogens is 303 g/mol. The van der Waals surface area contributed by atoms with Crippen LogP contribution in [-0.2, 0) is 6.54 Å². The molecule has 5 nitrogen and oxygen atoms in total. The minimum atomic E-state index is -0.522. The van der Waals surface area contributed by atoms with Crippen LogP contribution in [0.4, 0.5) is 11.4 Å². The van der Waals surface area contributed by atoms with E-state index in [1.807, 2.05) is 0 Å². The van der Waals surface area contributed by atoms with Crippen molar-refractivity contribution in [2.45, 2.75) is 6.54 Å². The first-order chi connectivity index (χ1) is 9.49. The first-order valence-electron chi connectivity index (χ1n) is 5.63. The lowest BCUT2D eigenvalue weighted by Crippen LogP contribution is -2.03. The van der Waals surface area contributed by atoms with Crippen LogP contribution < -0.4 is 5.32 Å². The Balaban J connectivity index is 2.23. The monoisotopic (exact) mass is 312 g/mol. The number of rotatable bonds is 4. The highest BCUT2D eigenvalue weighted by Crippen LogP contribution is 2.30. The summed E-state index contributed by atoms with van der Waals surface area (Å²) in [6, 6.07) is 9.26. The molecule has 0 atom stereocenters. The maximum Gasteiger partial charge on any atom is 0.293 e. The van der Waals surface area contributed by atoms with E-state index in [9.17, 15) is 15.2 Å². The lowest BCUT2D eigenvalue weighted by molar-refractivity contribution is -0.383. The van der Waals surface area contributed by atoms with Gasteiger partial charge in [0.2, 0.25) is 0 Å². The van der Waals surface area contributed by atoms with Crippen LogP contribution in [0, 0.1) is 10.1 Å². The molecule has 0 unspecified atom stereocenters. The zero-order valence-corrected chi connectivity index (χ0v) is 11.6. The number of aromatic hydroxyl groups is 1. The summed E-state index contributed by atoms with van der Waals surface area (Å²) in [7, 11) is 0. The number of halogens is 2. The second-order valence-electron chi connectivity index (χ2n) is 4.02. The van der Waals surface area contributed by atoms with E-state index in [0.29, 0.717) is 11.3 Å². The molecule has 2 rings (SSSR count). The highest BCUT2D eigenvalue weighted by atomic mass is 35.5. The van der Waals surface area contributed by atoms with Crippen molar-refractivity contribution in [3.8, 4) is 5.75 Å². The largest absolute Gasteiger partial charge is 0.506 e. The standard InChI is InChI=1S/C13H10Cl2N2O3/c14-9-4-5-11(12(6-9)17(19)20)16-7-8-2-1-3-10(15)13(8)18/h1-6,16,18H,7H2. The van der Waals surface area contributed by atoms with E-state index < -0.39 is 4.92 Å². The second-order valence-corrected chi connectivity index (χ2v) is 4.86. The van der Waals surface area contributed by atoms with Gasteiger partial charge in [0.05, 0.1) is 9.95 Å². The van der Waals surface area contributed by atoms with E-state index in [1.165, 1.54) is 12.1 Å². The Bertz CT molecular complexity index is 662. The number of benzene rings is 2. The molecule has 0 aromatic heterocycles. The van der Waals surface area contributed by atoms with Crippen LogP contribution in [-0.4, -0.2) is 10.0 Å². The molecule has 20 heavy (non-hydrogen) atoms. The van der Waals surface area contributed by atoms with Gasteiger partial charge in [-0.15, -0.1) is 0 Å². The Kier molecular flexibility index (Phi) is 4.32. The quantitative estimate of drug-likeness (QED) is 0.654. The number of nitrogens with one attached hydrogen (secondary N) is 1. The molecule has 0 aliphatic heterocycles. The molecule has 0 spiro atoms. The Morgan fingerprint density at radius 1 is 1.25 bits per heavy atom. The van der Waals surface area contributed by atoms with Gasteiger partial charge in [0.15, 0.2) is 0 Å². The Morgan fingerprint density at radius 2 is 2.00 bits per heavy atom. The van der Waals surface area contributed by atoms with Gasteiger partial charge in [-0.1, -0.05) is 35.3 Å². The summed E-state index contributed by atoms with van der Waals surface area (Å²) in [5.74, 6) is -0.0433. The average molecular weight is 313 g/mol. The van der Waals surface area contributed by atoms with Gasteiger partial charge in [-0.3, -0.25) is 10.1 Å². The fourth-order valence-electron chi connectivity index (χ4n) is 1.70. The molecule has 2 aromatic rings. The number of phenols is 1. The molecule has 0 aliphatic carbocycles. The van der Waals surface area contributed by atoms with Crippen LogP contribution >= 0.6 is 23.2 Å². The number of para-hydroxylation sites is 1. The van der Waals surface area contributed by atoms with E-state index >= 15 is 0 Å². The van der Waals surface area contributed by atoms with Gasteiger partial charge in [-0.25, -0.2) is 0 Å². The number of hydrogen-bond donors (Lipinski definition) is 2. The maximum absolute atomic E-state index is 10.9. The van der Waals surface area contributed by atoms with Crippen molar-refractivity contribution in [2.24, 2.45) is 0 Å². The normalized spacial score (nSPS) is 10.3.